The standard InChI is InChI=1S/C27H21ClF4O3/c1-3-5-17(6-13-26(34)35)14-19(27(30,31)32)15-24(18-7-10-21(33)11-8-18)22(4-2)23-12-9-20(29)16-25(23)28/h1,5-14,16,33H,4,15H2,2H3,(H,34,35)/b13-6+,17-5-,19-14+,24-22+. The van der Waals surface area contributed by atoms with Gasteiger partial charge in [-0.15, -0.1) is 6.42 Å². The van der Waals surface area contributed by atoms with E-state index in [1.165, 1.54) is 30.3 Å². The number of carboxylic acid groups (broad SMARTS) is 1. The van der Waals surface area contributed by atoms with Crippen LogP contribution in [0.5, 0.6) is 5.75 Å². The maximum absolute atomic E-state index is 14.1. The molecule has 0 amide bonds. The van der Waals surface area contributed by atoms with Crippen molar-refractivity contribution in [1.82, 2.24) is 0 Å². The van der Waals surface area contributed by atoms with Gasteiger partial charge in [0.05, 0.1) is 5.02 Å². The minimum atomic E-state index is -4.79. The molecule has 2 N–H and O–H groups in total. The molecule has 35 heavy (non-hydrogen) atoms. The number of aromatic hydroxyl groups is 1. The molecule has 2 aromatic carbocycles. The van der Waals surface area contributed by atoms with Gasteiger partial charge in [-0.05, 0) is 76.8 Å². The molecule has 0 aromatic heterocycles. The van der Waals surface area contributed by atoms with Crippen molar-refractivity contribution in [2.75, 3.05) is 0 Å². The molecule has 0 fully saturated rings. The van der Waals surface area contributed by atoms with Gasteiger partial charge in [0.1, 0.15) is 11.6 Å². The van der Waals surface area contributed by atoms with E-state index in [4.69, 9.17) is 23.1 Å². The number of hydrogen-bond donors (Lipinski definition) is 2. The number of terminal acetylenes is 1. The van der Waals surface area contributed by atoms with Crippen LogP contribution in [0.15, 0.2) is 77.9 Å². The fourth-order valence-corrected chi connectivity index (χ4v) is 3.65. The summed E-state index contributed by atoms with van der Waals surface area (Å²) in [7, 11) is 0. The first-order valence-corrected chi connectivity index (χ1v) is 10.7. The van der Waals surface area contributed by atoms with E-state index in [9.17, 15) is 27.5 Å². The number of phenols is 1. The Morgan fingerprint density at radius 3 is 2.29 bits per heavy atom. The van der Waals surface area contributed by atoms with Crippen LogP contribution in [0.4, 0.5) is 17.6 Å². The molecule has 8 heteroatoms. The van der Waals surface area contributed by atoms with Crippen molar-refractivity contribution >= 4 is 28.7 Å². The fourth-order valence-electron chi connectivity index (χ4n) is 3.37. The Morgan fingerprint density at radius 1 is 1.11 bits per heavy atom. The highest BCUT2D eigenvalue weighted by atomic mass is 35.5. The molecule has 0 aliphatic rings. The summed E-state index contributed by atoms with van der Waals surface area (Å²) in [6.45, 7) is 1.73. The third-order valence-electron chi connectivity index (χ3n) is 4.93. The van der Waals surface area contributed by atoms with Crippen molar-refractivity contribution in [2.24, 2.45) is 0 Å². The zero-order chi connectivity index (χ0) is 26.2. The van der Waals surface area contributed by atoms with Crippen molar-refractivity contribution in [1.29, 1.82) is 0 Å². The maximum Gasteiger partial charge on any atom is 0.413 e. The van der Waals surface area contributed by atoms with E-state index >= 15 is 0 Å². The molecular weight excluding hydrogens is 484 g/mol. The zero-order valence-electron chi connectivity index (χ0n) is 18.5. The Hall–Kier alpha value is -3.76. The number of benzene rings is 2. The summed E-state index contributed by atoms with van der Waals surface area (Å²) in [6, 6.07) is 9.24. The van der Waals surface area contributed by atoms with Crippen LogP contribution in [-0.4, -0.2) is 22.4 Å². The first-order chi connectivity index (χ1) is 16.5. The number of carboxylic acids is 1. The number of aliphatic carboxylic acids is 1. The maximum atomic E-state index is 14.1. The summed E-state index contributed by atoms with van der Waals surface area (Å²) >= 11 is 6.24. The van der Waals surface area contributed by atoms with Crippen LogP contribution in [-0.2, 0) is 4.79 Å². The SMILES string of the molecule is C#C/C=C(/C=C/C(=O)O)\C=C(/C/C(=C(/CC)c1ccc(F)cc1Cl)c1ccc(O)cc1)C(F)(F)F. The lowest BCUT2D eigenvalue weighted by atomic mass is 9.88. The van der Waals surface area contributed by atoms with Gasteiger partial charge in [-0.2, -0.15) is 13.2 Å². The first kappa shape index (κ1) is 27.5. The summed E-state index contributed by atoms with van der Waals surface area (Å²) in [5.74, 6) is 0.0872. The molecule has 0 heterocycles. The predicted molar refractivity (Wildman–Crippen MR) is 129 cm³/mol. The van der Waals surface area contributed by atoms with E-state index < -0.39 is 30.0 Å². The highest BCUT2D eigenvalue weighted by Gasteiger charge is 2.34. The van der Waals surface area contributed by atoms with Crippen LogP contribution in [0, 0.1) is 18.2 Å². The van der Waals surface area contributed by atoms with E-state index in [-0.39, 0.29) is 28.3 Å². The van der Waals surface area contributed by atoms with Crippen LogP contribution in [0.2, 0.25) is 5.02 Å². The van der Waals surface area contributed by atoms with Crippen LogP contribution >= 0.6 is 11.6 Å². The van der Waals surface area contributed by atoms with Crippen LogP contribution < -0.4 is 0 Å². The van der Waals surface area contributed by atoms with Gasteiger partial charge in [0.15, 0.2) is 0 Å². The Balaban J connectivity index is 2.80. The molecule has 0 atom stereocenters. The molecule has 0 radical (unpaired) electrons. The highest BCUT2D eigenvalue weighted by Crippen LogP contribution is 2.41. The number of allylic oxidation sites excluding steroid dienone is 7. The molecule has 0 aliphatic carbocycles. The van der Waals surface area contributed by atoms with E-state index in [1.54, 1.807) is 6.92 Å². The van der Waals surface area contributed by atoms with Gasteiger partial charge >= 0.3 is 12.1 Å². The lowest BCUT2D eigenvalue weighted by Gasteiger charge is -2.20. The lowest BCUT2D eigenvalue weighted by molar-refractivity contribution is -0.131. The van der Waals surface area contributed by atoms with Gasteiger partial charge in [0.25, 0.3) is 0 Å². The quantitative estimate of drug-likeness (QED) is 0.128. The van der Waals surface area contributed by atoms with Crippen molar-refractivity contribution in [3.05, 3.63) is 99.9 Å². The van der Waals surface area contributed by atoms with Crippen LogP contribution in [0.3, 0.4) is 0 Å². The van der Waals surface area contributed by atoms with Gasteiger partial charge in [-0.1, -0.05) is 42.6 Å². The molecule has 0 saturated heterocycles. The van der Waals surface area contributed by atoms with E-state index in [2.05, 4.69) is 5.92 Å². The summed E-state index contributed by atoms with van der Waals surface area (Å²) in [5.41, 5.74) is 0.307. The Labute approximate surface area is 205 Å². The monoisotopic (exact) mass is 504 g/mol. The molecule has 2 aromatic rings. The van der Waals surface area contributed by atoms with Gasteiger partial charge < -0.3 is 10.2 Å². The summed E-state index contributed by atoms with van der Waals surface area (Å²) in [4.78, 5) is 10.8. The van der Waals surface area contributed by atoms with E-state index in [0.717, 1.165) is 30.4 Å². The van der Waals surface area contributed by atoms with E-state index in [0.29, 0.717) is 22.8 Å². The first-order valence-electron chi connectivity index (χ1n) is 10.3. The molecule has 3 nitrogen and oxygen atoms in total. The van der Waals surface area contributed by atoms with Gasteiger partial charge in [0.2, 0.25) is 0 Å². The van der Waals surface area contributed by atoms with Crippen molar-refractivity contribution < 1.29 is 32.6 Å². The second-order valence-electron chi connectivity index (χ2n) is 7.31. The average molecular weight is 505 g/mol. The minimum Gasteiger partial charge on any atom is -0.508 e. The minimum absolute atomic E-state index is 0.0352. The van der Waals surface area contributed by atoms with E-state index in [1.807, 2.05) is 0 Å². The Kier molecular flexibility index (Phi) is 9.50. The highest BCUT2D eigenvalue weighted by molar-refractivity contribution is 6.32. The number of hydrogen-bond acceptors (Lipinski definition) is 2. The van der Waals surface area contributed by atoms with Gasteiger partial charge in [0, 0.05) is 18.1 Å². The largest absolute Gasteiger partial charge is 0.508 e. The number of phenolic OH excluding ortho intramolecular Hbond substituents is 1. The van der Waals surface area contributed by atoms with Crippen LogP contribution in [0.1, 0.15) is 30.9 Å². The smallest absolute Gasteiger partial charge is 0.413 e. The molecule has 0 unspecified atom stereocenters. The number of rotatable bonds is 8. The van der Waals surface area contributed by atoms with Gasteiger partial charge in [-0.3, -0.25) is 0 Å². The molecule has 2 rings (SSSR count). The topological polar surface area (TPSA) is 57.5 Å². The van der Waals surface area contributed by atoms with Crippen molar-refractivity contribution in [3.8, 4) is 18.1 Å². The second-order valence-corrected chi connectivity index (χ2v) is 7.72. The second kappa shape index (κ2) is 12.1. The average Bonchev–Trinajstić information content (AvgIpc) is 2.77. The molecule has 0 aliphatic heterocycles. The third kappa shape index (κ3) is 7.90. The summed E-state index contributed by atoms with van der Waals surface area (Å²) < 4.78 is 56.0. The van der Waals surface area contributed by atoms with Crippen LogP contribution in [0.25, 0.3) is 11.1 Å². The number of halogens is 5. The fraction of sp³-hybridized carbons (Fsp3) is 0.148. The van der Waals surface area contributed by atoms with Crippen molar-refractivity contribution in [3.63, 3.8) is 0 Å². The summed E-state index contributed by atoms with van der Waals surface area (Å²) in [6.07, 6.45) is 3.49. The normalized spacial score (nSPS) is 13.5. The number of carbonyl (C=O) groups is 1. The molecular formula is C27H21ClF4O3. The molecule has 0 spiro atoms. The molecule has 0 bridgehead atoms. The third-order valence-corrected chi connectivity index (χ3v) is 5.24. The zero-order valence-corrected chi connectivity index (χ0v) is 19.3. The van der Waals surface area contributed by atoms with Crippen molar-refractivity contribution in [2.45, 2.75) is 25.9 Å². The molecule has 182 valence electrons. The lowest BCUT2D eigenvalue weighted by Crippen LogP contribution is -2.13. The summed E-state index contributed by atoms with van der Waals surface area (Å²) in [5, 5.41) is 18.5. The Bertz CT molecular complexity index is 1240. The van der Waals surface area contributed by atoms with Gasteiger partial charge in [-0.25, -0.2) is 9.18 Å². The molecule has 0 saturated carbocycles. The predicted octanol–water partition coefficient (Wildman–Crippen LogP) is 7.58. The Morgan fingerprint density at radius 2 is 1.77 bits per heavy atom. The number of alkyl halides is 3.